The van der Waals surface area contributed by atoms with Crippen LogP contribution in [0.2, 0.25) is 10.0 Å². The summed E-state index contributed by atoms with van der Waals surface area (Å²) in [6, 6.07) is 16.3. The number of aromatic nitrogens is 3. The molecule has 0 unspecified atom stereocenters. The van der Waals surface area contributed by atoms with Gasteiger partial charge in [0.25, 0.3) is 11.5 Å². The third-order valence-electron chi connectivity index (χ3n) is 8.48. The quantitative estimate of drug-likeness (QED) is 0.221. The number of likely N-dealkylation sites (tertiary alicyclic amines) is 1. The maximum Gasteiger partial charge on any atom is 0.279 e. The summed E-state index contributed by atoms with van der Waals surface area (Å²) in [5.74, 6) is 1.23. The third-order valence-corrected chi connectivity index (χ3v) is 9.30. The lowest BCUT2D eigenvalue weighted by molar-refractivity contribution is 0.102. The van der Waals surface area contributed by atoms with E-state index in [1.807, 2.05) is 30.3 Å². The number of hydrogen-bond acceptors (Lipinski definition) is 6. The van der Waals surface area contributed by atoms with Crippen molar-refractivity contribution in [3.8, 4) is 28.3 Å². The van der Waals surface area contributed by atoms with Crippen molar-refractivity contribution < 1.29 is 9.53 Å². The van der Waals surface area contributed by atoms with E-state index in [9.17, 15) is 9.59 Å². The number of hydrogen-bond donors (Lipinski definition) is 1. The number of nitrogens with one attached hydrogen (secondary N) is 1. The lowest BCUT2D eigenvalue weighted by atomic mass is 9.76. The molecule has 0 radical (unpaired) electrons. The second kappa shape index (κ2) is 12.7. The summed E-state index contributed by atoms with van der Waals surface area (Å²) >= 11 is 13.8. The lowest BCUT2D eigenvalue weighted by Gasteiger charge is -2.28. The normalized spacial score (nSPS) is 16.3. The van der Waals surface area contributed by atoms with Gasteiger partial charge in [0.1, 0.15) is 5.56 Å². The van der Waals surface area contributed by atoms with Gasteiger partial charge in [0.15, 0.2) is 0 Å². The molecule has 1 aliphatic heterocycles. The summed E-state index contributed by atoms with van der Waals surface area (Å²) in [6.07, 6.45) is 1.39. The van der Waals surface area contributed by atoms with E-state index in [1.54, 1.807) is 19.2 Å². The van der Waals surface area contributed by atoms with E-state index >= 15 is 0 Å². The Hall–Kier alpha value is -3.72. The summed E-state index contributed by atoms with van der Waals surface area (Å²) in [4.78, 5) is 32.6. The first-order valence-electron chi connectivity index (χ1n) is 14.6. The van der Waals surface area contributed by atoms with Gasteiger partial charge in [0, 0.05) is 55.1 Å². The molecule has 0 aliphatic carbocycles. The van der Waals surface area contributed by atoms with E-state index in [2.05, 4.69) is 49.1 Å². The van der Waals surface area contributed by atoms with Crippen LogP contribution in [-0.4, -0.2) is 45.8 Å². The second-order valence-corrected chi connectivity index (χ2v) is 13.1. The van der Waals surface area contributed by atoms with Crippen molar-refractivity contribution >= 4 is 34.8 Å². The van der Waals surface area contributed by atoms with Crippen LogP contribution in [0, 0.1) is 17.3 Å². The van der Waals surface area contributed by atoms with Gasteiger partial charge in [-0.25, -0.2) is 9.67 Å². The first-order valence-corrected chi connectivity index (χ1v) is 15.3. The van der Waals surface area contributed by atoms with E-state index in [4.69, 9.17) is 32.9 Å². The molecule has 1 amide bonds. The van der Waals surface area contributed by atoms with E-state index < -0.39 is 11.5 Å². The molecule has 1 aliphatic rings. The largest absolute Gasteiger partial charge is 0.481 e. The minimum Gasteiger partial charge on any atom is -0.481 e. The number of pyridine rings is 1. The van der Waals surface area contributed by atoms with Gasteiger partial charge in [-0.2, -0.15) is 5.10 Å². The molecule has 0 bridgehead atoms. The lowest BCUT2D eigenvalue weighted by Crippen LogP contribution is -2.28. The zero-order valence-electron chi connectivity index (χ0n) is 25.8. The molecule has 10 heteroatoms. The predicted molar refractivity (Wildman–Crippen MR) is 176 cm³/mol. The number of carbonyl (C=O) groups excluding carboxylic acids is 1. The number of anilines is 1. The maximum absolute atomic E-state index is 12.9. The number of amides is 1. The maximum atomic E-state index is 12.9. The third kappa shape index (κ3) is 6.25. The zero-order chi connectivity index (χ0) is 31.8. The van der Waals surface area contributed by atoms with Gasteiger partial charge in [0.05, 0.1) is 28.5 Å². The highest BCUT2D eigenvalue weighted by Gasteiger charge is 2.40. The van der Waals surface area contributed by atoms with Crippen LogP contribution in [-0.2, 0) is 13.6 Å². The van der Waals surface area contributed by atoms with Crippen LogP contribution in [0.25, 0.3) is 22.4 Å². The molecule has 1 atom stereocenters. The van der Waals surface area contributed by atoms with Crippen LogP contribution in [0.3, 0.4) is 0 Å². The van der Waals surface area contributed by atoms with Gasteiger partial charge in [-0.15, -0.1) is 0 Å². The van der Waals surface area contributed by atoms with Crippen LogP contribution < -0.4 is 15.6 Å². The van der Waals surface area contributed by atoms with Gasteiger partial charge < -0.3 is 10.1 Å². The van der Waals surface area contributed by atoms with Crippen LogP contribution >= 0.6 is 23.2 Å². The van der Waals surface area contributed by atoms with Crippen molar-refractivity contribution in [2.45, 2.75) is 34.2 Å². The number of rotatable bonds is 8. The number of halogens is 2. The number of benzene rings is 2. The van der Waals surface area contributed by atoms with Crippen LogP contribution in [0.1, 0.15) is 43.6 Å². The summed E-state index contributed by atoms with van der Waals surface area (Å²) in [7, 11) is 3.12. The van der Waals surface area contributed by atoms with Gasteiger partial charge >= 0.3 is 0 Å². The monoisotopic (exact) mass is 633 g/mol. The second-order valence-electron chi connectivity index (χ2n) is 12.3. The van der Waals surface area contributed by atoms with E-state index in [-0.39, 0.29) is 11.0 Å². The fourth-order valence-corrected chi connectivity index (χ4v) is 6.92. The van der Waals surface area contributed by atoms with Gasteiger partial charge in [-0.05, 0) is 35.4 Å². The standard InChI is InChI=1S/C34H37Cl2N5O3/c1-20(2)26-18-41(19-34(26,3)4)17-21-13-14-27(39-32(21)44-6)24-11-7-9-22(29(24)35)23-10-8-12-28(30(23)36)38-31(42)25-15-16-37-40(5)33(25)43/h7-16,20,26H,17-19H2,1-6H3,(H,38,42)/t26-/m0/s1. The Morgan fingerprint density at radius 3 is 2.41 bits per heavy atom. The van der Waals surface area contributed by atoms with Gasteiger partial charge in [-0.1, -0.05) is 87.3 Å². The number of nitrogens with zero attached hydrogens (tertiary/aromatic N) is 4. The molecule has 1 N–H and O–H groups in total. The Bertz CT molecular complexity index is 1770. The van der Waals surface area contributed by atoms with Crippen LogP contribution in [0.4, 0.5) is 5.69 Å². The SMILES string of the molecule is COc1nc(-c2cccc(-c3cccc(NC(=O)c4ccnn(C)c4=O)c3Cl)c2Cl)ccc1CN1C[C@@H](C(C)C)C(C)(C)C1. The first-order chi connectivity index (χ1) is 20.9. The minimum atomic E-state index is -0.583. The van der Waals surface area contributed by atoms with E-state index in [1.165, 1.54) is 19.3 Å². The summed E-state index contributed by atoms with van der Waals surface area (Å²) in [5.41, 5.74) is 3.78. The van der Waals surface area contributed by atoms with Crippen LogP contribution in [0.15, 0.2) is 65.6 Å². The van der Waals surface area contributed by atoms with Crippen molar-refractivity contribution in [2.75, 3.05) is 25.5 Å². The molecular weight excluding hydrogens is 597 g/mol. The fourth-order valence-electron chi connectivity index (χ4n) is 6.32. The summed E-state index contributed by atoms with van der Waals surface area (Å²) < 4.78 is 6.85. The molecule has 8 nitrogen and oxygen atoms in total. The molecule has 3 heterocycles. The number of methoxy groups -OCH3 is 1. The number of ether oxygens (including phenoxy) is 1. The molecule has 44 heavy (non-hydrogen) atoms. The highest BCUT2D eigenvalue weighted by Crippen LogP contribution is 2.43. The Labute approximate surface area is 268 Å². The molecule has 1 fully saturated rings. The minimum absolute atomic E-state index is 0.0411. The fraction of sp³-hybridized carbons (Fsp3) is 0.353. The zero-order valence-corrected chi connectivity index (χ0v) is 27.3. The molecule has 4 aromatic rings. The molecular formula is C34H37Cl2N5O3. The average Bonchev–Trinajstić information content (AvgIpc) is 3.29. The molecule has 230 valence electrons. The highest BCUT2D eigenvalue weighted by molar-refractivity contribution is 6.39. The topological polar surface area (TPSA) is 89.3 Å². The van der Waals surface area contributed by atoms with Crippen molar-refractivity contribution in [2.24, 2.45) is 24.3 Å². The van der Waals surface area contributed by atoms with Crippen LogP contribution in [0.5, 0.6) is 5.88 Å². The molecule has 1 saturated heterocycles. The Morgan fingerprint density at radius 2 is 1.73 bits per heavy atom. The van der Waals surface area contributed by atoms with Crippen molar-refractivity contribution in [3.05, 3.63) is 92.3 Å². The molecule has 2 aromatic heterocycles. The van der Waals surface area contributed by atoms with Gasteiger partial charge in [0.2, 0.25) is 5.88 Å². The summed E-state index contributed by atoms with van der Waals surface area (Å²) in [6.45, 7) is 12.1. The summed E-state index contributed by atoms with van der Waals surface area (Å²) in [5, 5.41) is 7.36. The average molecular weight is 635 g/mol. The van der Waals surface area contributed by atoms with E-state index in [0.29, 0.717) is 50.3 Å². The Balaban J connectivity index is 1.42. The number of aryl methyl sites for hydroxylation is 1. The predicted octanol–water partition coefficient (Wildman–Crippen LogP) is 7.19. The van der Waals surface area contributed by atoms with Crippen molar-refractivity contribution in [3.63, 3.8) is 0 Å². The highest BCUT2D eigenvalue weighted by atomic mass is 35.5. The molecule has 0 saturated carbocycles. The van der Waals surface area contributed by atoms with Crippen molar-refractivity contribution in [1.29, 1.82) is 0 Å². The molecule has 2 aromatic carbocycles. The smallest absolute Gasteiger partial charge is 0.279 e. The van der Waals surface area contributed by atoms with Crippen molar-refractivity contribution in [1.82, 2.24) is 19.7 Å². The van der Waals surface area contributed by atoms with E-state index in [0.717, 1.165) is 35.4 Å². The Morgan fingerprint density at radius 1 is 1.05 bits per heavy atom. The molecule has 0 spiro atoms. The Kier molecular flexibility index (Phi) is 9.16. The first kappa shape index (κ1) is 31.7. The van der Waals surface area contributed by atoms with Gasteiger partial charge in [-0.3, -0.25) is 14.5 Å². The molecule has 5 rings (SSSR count). The number of carbonyl (C=O) groups is 1.